The standard InChI is InChI=1S/C22H26ClNO4S/c1-4-28-21(25)22(19-6-5-7-20(23)17(19)3)12-14-24(15-13-22)29(26,27)18-10-8-16(2)9-11-18/h5-11H,4,12-15H2,1-3H3. The number of halogens is 1. The molecule has 7 heteroatoms. The van der Waals surface area contributed by atoms with Gasteiger partial charge in [-0.05, 0) is 62.9 Å². The van der Waals surface area contributed by atoms with E-state index in [4.69, 9.17) is 16.3 Å². The number of rotatable bonds is 5. The highest BCUT2D eigenvalue weighted by molar-refractivity contribution is 7.89. The Hall–Kier alpha value is -1.89. The largest absolute Gasteiger partial charge is 0.465 e. The number of benzene rings is 2. The minimum atomic E-state index is -3.61. The Kier molecular flexibility index (Phi) is 6.36. The zero-order valence-corrected chi connectivity index (χ0v) is 18.5. The summed E-state index contributed by atoms with van der Waals surface area (Å²) in [5.74, 6) is -0.322. The maximum atomic E-state index is 13.1. The van der Waals surface area contributed by atoms with Gasteiger partial charge in [0.2, 0.25) is 10.0 Å². The van der Waals surface area contributed by atoms with E-state index < -0.39 is 15.4 Å². The van der Waals surface area contributed by atoms with E-state index in [1.54, 1.807) is 37.3 Å². The van der Waals surface area contributed by atoms with Gasteiger partial charge in [-0.15, -0.1) is 0 Å². The Labute approximate surface area is 177 Å². The zero-order valence-electron chi connectivity index (χ0n) is 16.9. The normalized spacial score (nSPS) is 17.1. The molecule has 1 saturated heterocycles. The first-order valence-electron chi connectivity index (χ1n) is 9.72. The summed E-state index contributed by atoms with van der Waals surface area (Å²) >= 11 is 6.31. The van der Waals surface area contributed by atoms with Gasteiger partial charge in [0, 0.05) is 18.1 Å². The lowest BCUT2D eigenvalue weighted by Gasteiger charge is -2.40. The summed E-state index contributed by atoms with van der Waals surface area (Å²) in [5.41, 5.74) is 1.75. The number of sulfonamides is 1. The first kappa shape index (κ1) is 21.8. The third-order valence-electron chi connectivity index (χ3n) is 5.68. The highest BCUT2D eigenvalue weighted by atomic mass is 35.5. The number of nitrogens with zero attached hydrogens (tertiary/aromatic N) is 1. The molecule has 2 aromatic rings. The number of ether oxygens (including phenoxy) is 1. The molecular formula is C22H26ClNO4S. The molecule has 0 aromatic heterocycles. The summed E-state index contributed by atoms with van der Waals surface area (Å²) in [6.07, 6.45) is 0.691. The van der Waals surface area contributed by atoms with Gasteiger partial charge in [-0.25, -0.2) is 8.42 Å². The van der Waals surface area contributed by atoms with Crippen molar-refractivity contribution in [1.29, 1.82) is 0 Å². The average Bonchev–Trinajstić information content (AvgIpc) is 2.70. The van der Waals surface area contributed by atoms with E-state index in [-0.39, 0.29) is 30.6 Å². The molecule has 1 aliphatic rings. The molecule has 0 N–H and O–H groups in total. The van der Waals surface area contributed by atoms with Crippen molar-refractivity contribution in [3.63, 3.8) is 0 Å². The predicted octanol–water partition coefficient (Wildman–Crippen LogP) is 4.24. The minimum Gasteiger partial charge on any atom is -0.465 e. The molecule has 29 heavy (non-hydrogen) atoms. The van der Waals surface area contributed by atoms with Crippen LogP contribution < -0.4 is 0 Å². The number of carbonyl (C=O) groups is 1. The molecule has 0 spiro atoms. The van der Waals surface area contributed by atoms with Crippen LogP contribution in [0.4, 0.5) is 0 Å². The van der Waals surface area contributed by atoms with Gasteiger partial charge < -0.3 is 4.74 Å². The van der Waals surface area contributed by atoms with Crippen molar-refractivity contribution in [3.8, 4) is 0 Å². The number of piperidine rings is 1. The second-order valence-electron chi connectivity index (χ2n) is 7.43. The van der Waals surface area contributed by atoms with Crippen molar-refractivity contribution in [3.05, 3.63) is 64.2 Å². The van der Waals surface area contributed by atoms with Crippen LogP contribution >= 0.6 is 11.6 Å². The molecule has 0 bridgehead atoms. The fourth-order valence-electron chi connectivity index (χ4n) is 3.95. The van der Waals surface area contributed by atoms with E-state index in [2.05, 4.69) is 0 Å². The molecule has 156 valence electrons. The van der Waals surface area contributed by atoms with Crippen molar-refractivity contribution >= 4 is 27.6 Å². The van der Waals surface area contributed by atoms with Crippen LogP contribution in [0.3, 0.4) is 0 Å². The molecule has 0 amide bonds. The van der Waals surface area contributed by atoms with Gasteiger partial charge in [0.05, 0.1) is 16.9 Å². The van der Waals surface area contributed by atoms with Crippen molar-refractivity contribution < 1.29 is 17.9 Å². The van der Waals surface area contributed by atoms with E-state index in [1.807, 2.05) is 26.0 Å². The van der Waals surface area contributed by atoms with Gasteiger partial charge in [0.1, 0.15) is 0 Å². The van der Waals surface area contributed by atoms with Crippen LogP contribution in [0.5, 0.6) is 0 Å². The Morgan fingerprint density at radius 2 is 1.72 bits per heavy atom. The van der Waals surface area contributed by atoms with Gasteiger partial charge in [-0.1, -0.05) is 41.4 Å². The van der Waals surface area contributed by atoms with Crippen molar-refractivity contribution in [1.82, 2.24) is 4.31 Å². The Morgan fingerprint density at radius 3 is 2.31 bits per heavy atom. The molecule has 0 atom stereocenters. The van der Waals surface area contributed by atoms with Gasteiger partial charge in [0.15, 0.2) is 0 Å². The van der Waals surface area contributed by atoms with E-state index >= 15 is 0 Å². The topological polar surface area (TPSA) is 63.7 Å². The SMILES string of the molecule is CCOC(=O)C1(c2cccc(Cl)c2C)CCN(S(=O)(=O)c2ccc(C)cc2)CC1. The fraction of sp³-hybridized carbons (Fsp3) is 0.409. The third kappa shape index (κ3) is 4.06. The van der Waals surface area contributed by atoms with Crippen LogP contribution in [0.25, 0.3) is 0 Å². The lowest BCUT2D eigenvalue weighted by atomic mass is 9.71. The Bertz CT molecular complexity index is 994. The maximum Gasteiger partial charge on any atom is 0.316 e. The summed E-state index contributed by atoms with van der Waals surface area (Å²) < 4.78 is 33.0. The van der Waals surface area contributed by atoms with E-state index in [9.17, 15) is 13.2 Å². The highest BCUT2D eigenvalue weighted by Gasteiger charge is 2.47. The Morgan fingerprint density at radius 1 is 1.10 bits per heavy atom. The van der Waals surface area contributed by atoms with Crippen LogP contribution in [-0.4, -0.2) is 38.4 Å². The van der Waals surface area contributed by atoms with Gasteiger partial charge >= 0.3 is 5.97 Å². The molecule has 0 radical (unpaired) electrons. The smallest absolute Gasteiger partial charge is 0.316 e. The predicted molar refractivity (Wildman–Crippen MR) is 114 cm³/mol. The quantitative estimate of drug-likeness (QED) is 0.659. The van der Waals surface area contributed by atoms with Crippen LogP contribution in [0.1, 0.15) is 36.5 Å². The lowest BCUT2D eigenvalue weighted by Crippen LogP contribution is -2.50. The molecule has 1 fully saturated rings. The van der Waals surface area contributed by atoms with Crippen LogP contribution in [-0.2, 0) is 25.0 Å². The molecule has 3 rings (SSSR count). The summed E-state index contributed by atoms with van der Waals surface area (Å²) in [5, 5.41) is 0.584. The molecule has 5 nitrogen and oxygen atoms in total. The van der Waals surface area contributed by atoms with Gasteiger partial charge in [-0.3, -0.25) is 4.79 Å². The van der Waals surface area contributed by atoms with E-state index in [1.165, 1.54) is 4.31 Å². The summed E-state index contributed by atoms with van der Waals surface area (Å²) in [6, 6.07) is 12.3. The average molecular weight is 436 g/mol. The van der Waals surface area contributed by atoms with Crippen molar-refractivity contribution in [2.24, 2.45) is 0 Å². The van der Waals surface area contributed by atoms with E-state index in [0.29, 0.717) is 17.9 Å². The minimum absolute atomic E-state index is 0.237. The molecule has 0 unspecified atom stereocenters. The number of carbonyl (C=O) groups excluding carboxylic acids is 1. The second kappa shape index (κ2) is 8.46. The zero-order chi connectivity index (χ0) is 21.2. The number of esters is 1. The second-order valence-corrected chi connectivity index (χ2v) is 9.78. The monoisotopic (exact) mass is 435 g/mol. The first-order chi connectivity index (χ1) is 13.7. The summed E-state index contributed by atoms with van der Waals surface area (Å²) in [4.78, 5) is 13.3. The molecular weight excluding hydrogens is 410 g/mol. The van der Waals surface area contributed by atoms with E-state index in [0.717, 1.165) is 16.7 Å². The molecule has 1 aliphatic heterocycles. The first-order valence-corrected chi connectivity index (χ1v) is 11.5. The lowest BCUT2D eigenvalue weighted by molar-refractivity contribution is -0.152. The van der Waals surface area contributed by atoms with Crippen molar-refractivity contribution in [2.75, 3.05) is 19.7 Å². The van der Waals surface area contributed by atoms with Crippen LogP contribution in [0.15, 0.2) is 47.4 Å². The van der Waals surface area contributed by atoms with Gasteiger partial charge in [0.25, 0.3) is 0 Å². The fourth-order valence-corrected chi connectivity index (χ4v) is 5.56. The van der Waals surface area contributed by atoms with Crippen LogP contribution in [0.2, 0.25) is 5.02 Å². The maximum absolute atomic E-state index is 13.1. The van der Waals surface area contributed by atoms with Gasteiger partial charge in [-0.2, -0.15) is 4.31 Å². The molecule has 0 saturated carbocycles. The Balaban J connectivity index is 1.93. The summed E-state index contributed by atoms with van der Waals surface area (Å²) in [7, 11) is -3.61. The van der Waals surface area contributed by atoms with Crippen LogP contribution in [0, 0.1) is 13.8 Å². The molecule has 1 heterocycles. The number of aryl methyl sites for hydroxylation is 1. The third-order valence-corrected chi connectivity index (χ3v) is 8.01. The highest BCUT2D eigenvalue weighted by Crippen LogP contribution is 2.41. The molecule has 2 aromatic carbocycles. The van der Waals surface area contributed by atoms with Crippen molar-refractivity contribution in [2.45, 2.75) is 43.9 Å². The number of hydrogen-bond acceptors (Lipinski definition) is 4. The summed E-state index contributed by atoms with van der Waals surface area (Å²) in [6.45, 7) is 6.31. The molecule has 0 aliphatic carbocycles. The number of hydrogen-bond donors (Lipinski definition) is 0.